The second-order valence-electron chi connectivity index (χ2n) is 5.94. The topological polar surface area (TPSA) is 75.4 Å². The van der Waals surface area contributed by atoms with Crippen LogP contribution in [0.25, 0.3) is 0 Å². The fourth-order valence-corrected chi connectivity index (χ4v) is 2.02. The predicted molar refractivity (Wildman–Crippen MR) is 75.5 cm³/mol. The van der Waals surface area contributed by atoms with Crippen LogP contribution in [-0.4, -0.2) is 35.0 Å². The first-order chi connectivity index (χ1) is 9.30. The van der Waals surface area contributed by atoms with Crippen LogP contribution in [0.2, 0.25) is 0 Å². The van der Waals surface area contributed by atoms with Crippen molar-refractivity contribution >= 4 is 12.6 Å². The maximum Gasteiger partial charge on any atom is 0.496 e. The van der Waals surface area contributed by atoms with Gasteiger partial charge in [-0.2, -0.15) is 5.26 Å². The van der Waals surface area contributed by atoms with Crippen LogP contribution in [-0.2, 0) is 15.7 Å². The largest absolute Gasteiger partial charge is 0.496 e. The van der Waals surface area contributed by atoms with E-state index in [2.05, 4.69) is 11.1 Å². The molecule has 0 bridgehead atoms. The second kappa shape index (κ2) is 5.17. The van der Waals surface area contributed by atoms with Crippen LogP contribution in [0.15, 0.2) is 12.3 Å². The van der Waals surface area contributed by atoms with E-state index in [4.69, 9.17) is 19.7 Å². The Kier molecular flexibility index (Phi) is 3.87. The summed E-state index contributed by atoms with van der Waals surface area (Å²) in [7, 11) is -0.525. The van der Waals surface area contributed by atoms with E-state index in [1.807, 2.05) is 27.7 Å². The second-order valence-corrected chi connectivity index (χ2v) is 5.94. The van der Waals surface area contributed by atoms with Gasteiger partial charge in [-0.3, -0.25) is 4.98 Å². The maximum atomic E-state index is 9.16. The van der Waals surface area contributed by atoms with Gasteiger partial charge in [0.15, 0.2) is 0 Å². The summed E-state index contributed by atoms with van der Waals surface area (Å²) in [5.41, 5.74) is 0.922. The Morgan fingerprint density at radius 2 is 1.90 bits per heavy atom. The van der Waals surface area contributed by atoms with Gasteiger partial charge in [0.2, 0.25) is 0 Å². The molecule has 0 aromatic carbocycles. The van der Waals surface area contributed by atoms with E-state index in [1.54, 1.807) is 12.3 Å². The molecule has 1 aromatic heterocycles. The van der Waals surface area contributed by atoms with Crippen LogP contribution < -0.4 is 5.46 Å². The molecule has 0 spiro atoms. The molecule has 1 saturated heterocycles. The zero-order valence-electron chi connectivity index (χ0n) is 12.3. The van der Waals surface area contributed by atoms with Crippen LogP contribution in [0.4, 0.5) is 0 Å². The highest BCUT2D eigenvalue weighted by atomic mass is 16.7. The molecule has 20 heavy (non-hydrogen) atoms. The maximum absolute atomic E-state index is 9.16. The Labute approximate surface area is 119 Å². The summed E-state index contributed by atoms with van der Waals surface area (Å²) in [5.74, 6) is 0. The van der Waals surface area contributed by atoms with E-state index >= 15 is 0 Å². The number of pyridine rings is 1. The van der Waals surface area contributed by atoms with E-state index in [0.717, 1.165) is 5.46 Å². The van der Waals surface area contributed by atoms with Crippen molar-refractivity contribution in [3.63, 3.8) is 0 Å². The molecule has 1 aromatic rings. The summed E-state index contributed by atoms with van der Waals surface area (Å²) in [6.45, 7) is 7.88. The lowest BCUT2D eigenvalue weighted by Crippen LogP contribution is -2.41. The molecule has 0 atom stereocenters. The van der Waals surface area contributed by atoms with Gasteiger partial charge in [-0.1, -0.05) is 0 Å². The van der Waals surface area contributed by atoms with Crippen molar-refractivity contribution in [2.75, 3.05) is 6.61 Å². The normalized spacial score (nSPS) is 19.9. The molecule has 1 fully saturated rings. The number of hydrogen-bond acceptors (Lipinski definition) is 5. The average Bonchev–Trinajstić information content (AvgIpc) is 2.59. The van der Waals surface area contributed by atoms with Crippen molar-refractivity contribution in [2.24, 2.45) is 0 Å². The first-order valence-electron chi connectivity index (χ1n) is 6.66. The number of aliphatic hydroxyl groups is 1. The lowest BCUT2D eigenvalue weighted by Gasteiger charge is -2.32. The van der Waals surface area contributed by atoms with E-state index in [0.29, 0.717) is 17.7 Å². The van der Waals surface area contributed by atoms with Crippen molar-refractivity contribution in [1.29, 1.82) is 5.26 Å². The summed E-state index contributed by atoms with van der Waals surface area (Å²) in [6, 6.07) is 3.82. The van der Waals surface area contributed by atoms with Crippen LogP contribution in [0.5, 0.6) is 0 Å². The Balaban J connectivity index is 2.30. The summed E-state index contributed by atoms with van der Waals surface area (Å²) >= 11 is 0. The van der Waals surface area contributed by atoms with Crippen molar-refractivity contribution in [1.82, 2.24) is 4.98 Å². The summed E-state index contributed by atoms with van der Waals surface area (Å²) in [4.78, 5) is 4.24. The fourth-order valence-electron chi connectivity index (χ4n) is 2.02. The van der Waals surface area contributed by atoms with Gasteiger partial charge in [0, 0.05) is 24.7 Å². The number of nitriles is 1. The highest BCUT2D eigenvalue weighted by Crippen LogP contribution is 2.36. The minimum Gasteiger partial charge on any atom is -0.399 e. The molecular formula is C14H19BN2O3. The molecule has 0 radical (unpaired) electrons. The van der Waals surface area contributed by atoms with Crippen LogP contribution in [0.1, 0.15) is 39.0 Å². The minimum absolute atomic E-state index is 0.0302. The van der Waals surface area contributed by atoms with Crippen molar-refractivity contribution in [2.45, 2.75) is 45.3 Å². The molecule has 0 amide bonds. The van der Waals surface area contributed by atoms with Gasteiger partial charge in [-0.05, 0) is 33.8 Å². The molecule has 1 N–H and O–H groups in total. The van der Waals surface area contributed by atoms with Crippen molar-refractivity contribution in [3.05, 3.63) is 23.5 Å². The van der Waals surface area contributed by atoms with E-state index in [1.165, 1.54) is 0 Å². The lowest BCUT2D eigenvalue weighted by atomic mass is 9.79. The number of aromatic nitrogens is 1. The average molecular weight is 274 g/mol. The number of nitrogens with zero attached hydrogens (tertiary/aromatic N) is 2. The molecule has 1 aliphatic heterocycles. The zero-order chi connectivity index (χ0) is 15.0. The van der Waals surface area contributed by atoms with Gasteiger partial charge in [-0.15, -0.1) is 0 Å². The van der Waals surface area contributed by atoms with Gasteiger partial charge >= 0.3 is 7.12 Å². The Hall–Kier alpha value is -1.42. The third-order valence-corrected chi connectivity index (χ3v) is 3.99. The molecule has 2 rings (SSSR count). The molecule has 0 saturated carbocycles. The van der Waals surface area contributed by atoms with Crippen molar-refractivity contribution < 1.29 is 14.4 Å². The Morgan fingerprint density at radius 1 is 1.30 bits per heavy atom. The summed E-state index contributed by atoms with van der Waals surface area (Å²) in [5, 5.41) is 18.1. The first-order valence-corrected chi connectivity index (χ1v) is 6.66. The highest BCUT2D eigenvalue weighted by molar-refractivity contribution is 6.62. The Morgan fingerprint density at radius 3 is 2.40 bits per heavy atom. The third kappa shape index (κ3) is 2.57. The van der Waals surface area contributed by atoms with Crippen LogP contribution in [0.3, 0.4) is 0 Å². The van der Waals surface area contributed by atoms with Gasteiger partial charge < -0.3 is 14.4 Å². The smallest absolute Gasteiger partial charge is 0.399 e. The standard InChI is InChI=1S/C14H19BN2O3/c1-13(2)14(3,4)20-15(19-13)11-7-10(8-16)12(5-6-18)17-9-11/h7,9,18H,5-6H2,1-4H3. The van der Waals surface area contributed by atoms with E-state index in [-0.39, 0.29) is 6.61 Å². The quantitative estimate of drug-likeness (QED) is 0.825. The molecule has 5 nitrogen and oxygen atoms in total. The van der Waals surface area contributed by atoms with Gasteiger partial charge in [0.05, 0.1) is 22.5 Å². The fraction of sp³-hybridized carbons (Fsp3) is 0.571. The molecular weight excluding hydrogens is 255 g/mol. The van der Waals surface area contributed by atoms with Gasteiger partial charge in [0.25, 0.3) is 0 Å². The predicted octanol–water partition coefficient (Wildman–Crippen LogP) is 0.787. The molecule has 0 aliphatic carbocycles. The van der Waals surface area contributed by atoms with Crippen LogP contribution in [0, 0.1) is 11.3 Å². The van der Waals surface area contributed by atoms with Gasteiger partial charge in [0.1, 0.15) is 6.07 Å². The summed E-state index contributed by atoms with van der Waals surface area (Å²) in [6.07, 6.45) is 2.01. The zero-order valence-corrected chi connectivity index (χ0v) is 12.3. The first kappa shape index (κ1) is 15.0. The van der Waals surface area contributed by atoms with E-state index in [9.17, 15) is 0 Å². The van der Waals surface area contributed by atoms with Gasteiger partial charge in [-0.25, -0.2) is 0 Å². The molecule has 1 aliphatic rings. The number of hydrogen-bond donors (Lipinski definition) is 1. The molecule has 106 valence electrons. The minimum atomic E-state index is -0.525. The molecule has 2 heterocycles. The molecule has 6 heteroatoms. The highest BCUT2D eigenvalue weighted by Gasteiger charge is 2.51. The van der Waals surface area contributed by atoms with Crippen molar-refractivity contribution in [3.8, 4) is 6.07 Å². The SMILES string of the molecule is CC1(C)OB(c2cnc(CCO)c(C#N)c2)OC1(C)C. The molecule has 0 unspecified atom stereocenters. The lowest BCUT2D eigenvalue weighted by molar-refractivity contribution is 0.00578. The van der Waals surface area contributed by atoms with Crippen LogP contribution >= 0.6 is 0 Å². The number of aliphatic hydroxyl groups excluding tert-OH is 1. The Bertz CT molecular complexity index is 536. The third-order valence-electron chi connectivity index (χ3n) is 3.99. The van der Waals surface area contributed by atoms with E-state index < -0.39 is 18.3 Å². The monoisotopic (exact) mass is 274 g/mol. The summed E-state index contributed by atoms with van der Waals surface area (Å²) < 4.78 is 11.9. The number of rotatable bonds is 3.